The second-order valence-electron chi connectivity index (χ2n) is 2.56. The lowest BCUT2D eigenvalue weighted by atomic mass is 10.3. The van der Waals surface area contributed by atoms with Gasteiger partial charge in [0.25, 0.3) is 0 Å². The van der Waals surface area contributed by atoms with Crippen LogP contribution in [0.25, 0.3) is 0 Å². The third kappa shape index (κ3) is 2.72. The number of likely N-dealkylation sites (N-methyl/N-ethyl adjacent to an activating group) is 1. The predicted molar refractivity (Wildman–Crippen MR) is 42.2 cm³/mol. The zero-order chi connectivity index (χ0) is 8.27. The highest BCUT2D eigenvalue weighted by atomic mass is 16.6. The molecule has 1 fully saturated rings. The highest BCUT2D eigenvalue weighted by molar-refractivity contribution is 5.87. The van der Waals surface area contributed by atoms with Gasteiger partial charge in [-0.3, -0.25) is 4.79 Å². The summed E-state index contributed by atoms with van der Waals surface area (Å²) in [5.41, 5.74) is 0. The minimum Gasteiger partial charge on any atom is -0.365 e. The summed E-state index contributed by atoms with van der Waals surface area (Å²) >= 11 is 0. The molecule has 0 aromatic rings. The molecule has 1 heterocycles. The zero-order valence-electron chi connectivity index (χ0n) is 6.83. The Labute approximate surface area is 66.4 Å². The third-order valence-electron chi connectivity index (χ3n) is 1.55. The maximum atomic E-state index is 10.8. The molecule has 62 valence electrons. The van der Waals surface area contributed by atoms with Crippen molar-refractivity contribution in [3.63, 3.8) is 0 Å². The average molecular weight is 155 g/mol. The first-order valence-electron chi connectivity index (χ1n) is 3.85. The molecule has 0 bridgehead atoms. The van der Waals surface area contributed by atoms with Gasteiger partial charge in [-0.1, -0.05) is 0 Å². The quantitative estimate of drug-likeness (QED) is 0.475. The maximum Gasteiger partial charge on any atom is 0.243 e. The monoisotopic (exact) mass is 155 g/mol. The summed E-state index contributed by atoms with van der Waals surface area (Å²) in [5.74, 6) is -0.0461. The first-order valence-corrected chi connectivity index (χ1v) is 3.85. The SMILES string of the molecule is CCNC(=O)C=CC1OC1C. The fraction of sp³-hybridized carbons (Fsp3) is 0.625. The van der Waals surface area contributed by atoms with Crippen molar-refractivity contribution in [1.29, 1.82) is 0 Å². The van der Waals surface area contributed by atoms with Crippen LogP contribution in [0.4, 0.5) is 0 Å². The van der Waals surface area contributed by atoms with E-state index in [2.05, 4.69) is 5.32 Å². The third-order valence-corrected chi connectivity index (χ3v) is 1.55. The molecule has 1 aliphatic rings. The molecular weight excluding hydrogens is 142 g/mol. The van der Waals surface area contributed by atoms with Gasteiger partial charge in [-0.2, -0.15) is 0 Å². The Morgan fingerprint density at radius 2 is 2.36 bits per heavy atom. The van der Waals surface area contributed by atoms with E-state index in [9.17, 15) is 4.79 Å². The predicted octanol–water partition coefficient (Wildman–Crippen LogP) is 0.466. The van der Waals surface area contributed by atoms with Crippen molar-refractivity contribution in [3.8, 4) is 0 Å². The molecule has 0 spiro atoms. The van der Waals surface area contributed by atoms with Gasteiger partial charge < -0.3 is 10.1 Å². The van der Waals surface area contributed by atoms with Crippen molar-refractivity contribution in [2.45, 2.75) is 26.1 Å². The molecule has 0 radical (unpaired) electrons. The fourth-order valence-corrected chi connectivity index (χ4v) is 0.820. The molecule has 0 aromatic carbocycles. The van der Waals surface area contributed by atoms with E-state index in [1.54, 1.807) is 6.08 Å². The molecule has 1 rings (SSSR count). The standard InChI is InChI=1S/C8H13NO2/c1-3-9-8(10)5-4-7-6(2)11-7/h4-7H,3H2,1-2H3,(H,9,10). The fourth-order valence-electron chi connectivity index (χ4n) is 0.820. The van der Waals surface area contributed by atoms with Gasteiger partial charge in [0.2, 0.25) is 5.91 Å². The van der Waals surface area contributed by atoms with Crippen molar-refractivity contribution in [2.24, 2.45) is 0 Å². The van der Waals surface area contributed by atoms with E-state index in [4.69, 9.17) is 4.74 Å². The van der Waals surface area contributed by atoms with Crippen molar-refractivity contribution >= 4 is 5.91 Å². The Kier molecular flexibility index (Phi) is 2.65. The van der Waals surface area contributed by atoms with Crippen LogP contribution in [0.3, 0.4) is 0 Å². The molecule has 0 aliphatic carbocycles. The number of nitrogens with one attached hydrogen (secondary N) is 1. The van der Waals surface area contributed by atoms with Crippen LogP contribution in [0.1, 0.15) is 13.8 Å². The van der Waals surface area contributed by atoms with Crippen LogP contribution in [0, 0.1) is 0 Å². The highest BCUT2D eigenvalue weighted by Gasteiger charge is 2.31. The van der Waals surface area contributed by atoms with E-state index in [0.717, 1.165) is 0 Å². The normalized spacial score (nSPS) is 28.9. The second-order valence-corrected chi connectivity index (χ2v) is 2.56. The number of carbonyl (C=O) groups is 1. The Bertz CT molecular complexity index is 177. The zero-order valence-corrected chi connectivity index (χ0v) is 6.83. The van der Waals surface area contributed by atoms with Crippen LogP contribution < -0.4 is 5.32 Å². The summed E-state index contributed by atoms with van der Waals surface area (Å²) in [6, 6.07) is 0. The number of epoxide rings is 1. The molecule has 2 atom stereocenters. The smallest absolute Gasteiger partial charge is 0.243 e. The van der Waals surface area contributed by atoms with Gasteiger partial charge >= 0.3 is 0 Å². The van der Waals surface area contributed by atoms with Crippen molar-refractivity contribution < 1.29 is 9.53 Å². The summed E-state index contributed by atoms with van der Waals surface area (Å²) in [4.78, 5) is 10.8. The minimum absolute atomic E-state index is 0.0461. The summed E-state index contributed by atoms with van der Waals surface area (Å²) in [6.45, 7) is 4.54. The Hall–Kier alpha value is -0.830. The lowest BCUT2D eigenvalue weighted by Gasteiger charge is -1.92. The molecule has 1 saturated heterocycles. The van der Waals surface area contributed by atoms with Crippen molar-refractivity contribution in [1.82, 2.24) is 5.32 Å². The lowest BCUT2D eigenvalue weighted by molar-refractivity contribution is -0.116. The van der Waals surface area contributed by atoms with Gasteiger partial charge in [0.05, 0.1) is 6.10 Å². The van der Waals surface area contributed by atoms with Gasteiger partial charge in [-0.25, -0.2) is 0 Å². The van der Waals surface area contributed by atoms with Crippen LogP contribution in [-0.4, -0.2) is 24.7 Å². The van der Waals surface area contributed by atoms with Crippen molar-refractivity contribution in [2.75, 3.05) is 6.54 Å². The largest absolute Gasteiger partial charge is 0.365 e. The Morgan fingerprint density at radius 3 is 2.82 bits per heavy atom. The molecule has 11 heavy (non-hydrogen) atoms. The molecule has 3 heteroatoms. The average Bonchev–Trinajstić information content (AvgIpc) is 2.63. The highest BCUT2D eigenvalue weighted by Crippen LogP contribution is 2.21. The summed E-state index contributed by atoms with van der Waals surface area (Å²) in [7, 11) is 0. The number of amides is 1. The van der Waals surface area contributed by atoms with E-state index < -0.39 is 0 Å². The van der Waals surface area contributed by atoms with E-state index in [1.807, 2.05) is 13.8 Å². The van der Waals surface area contributed by atoms with Gasteiger partial charge in [-0.05, 0) is 19.9 Å². The van der Waals surface area contributed by atoms with Crippen LogP contribution in [0.15, 0.2) is 12.2 Å². The van der Waals surface area contributed by atoms with E-state index in [-0.39, 0.29) is 12.0 Å². The first-order chi connectivity index (χ1) is 5.24. The lowest BCUT2D eigenvalue weighted by Crippen LogP contribution is -2.19. The molecular formula is C8H13NO2. The topological polar surface area (TPSA) is 41.6 Å². The number of carbonyl (C=O) groups excluding carboxylic acids is 1. The summed E-state index contributed by atoms with van der Waals surface area (Å²) < 4.78 is 5.08. The Balaban J connectivity index is 2.18. The number of ether oxygens (including phenoxy) is 1. The van der Waals surface area contributed by atoms with Gasteiger partial charge in [0.1, 0.15) is 6.10 Å². The Morgan fingerprint density at radius 1 is 1.73 bits per heavy atom. The maximum absolute atomic E-state index is 10.8. The summed E-state index contributed by atoms with van der Waals surface area (Å²) in [5, 5.41) is 2.66. The van der Waals surface area contributed by atoms with Crippen LogP contribution >= 0.6 is 0 Å². The van der Waals surface area contributed by atoms with Crippen LogP contribution in [0.2, 0.25) is 0 Å². The van der Waals surface area contributed by atoms with Crippen LogP contribution in [0.5, 0.6) is 0 Å². The van der Waals surface area contributed by atoms with E-state index in [0.29, 0.717) is 12.6 Å². The molecule has 0 saturated carbocycles. The van der Waals surface area contributed by atoms with Gasteiger partial charge in [0.15, 0.2) is 0 Å². The summed E-state index contributed by atoms with van der Waals surface area (Å²) in [6.07, 6.45) is 3.77. The molecule has 0 aromatic heterocycles. The molecule has 3 nitrogen and oxygen atoms in total. The first kappa shape index (κ1) is 8.27. The molecule has 1 amide bonds. The number of hydrogen-bond donors (Lipinski definition) is 1. The van der Waals surface area contributed by atoms with E-state index >= 15 is 0 Å². The number of hydrogen-bond acceptors (Lipinski definition) is 2. The number of rotatable bonds is 3. The van der Waals surface area contributed by atoms with Gasteiger partial charge in [-0.15, -0.1) is 0 Å². The van der Waals surface area contributed by atoms with E-state index in [1.165, 1.54) is 6.08 Å². The molecule has 2 unspecified atom stereocenters. The second kappa shape index (κ2) is 3.53. The molecule has 1 N–H and O–H groups in total. The van der Waals surface area contributed by atoms with Crippen molar-refractivity contribution in [3.05, 3.63) is 12.2 Å². The minimum atomic E-state index is -0.0461. The van der Waals surface area contributed by atoms with Crippen LogP contribution in [-0.2, 0) is 9.53 Å². The van der Waals surface area contributed by atoms with Gasteiger partial charge in [0, 0.05) is 12.6 Å². The molecule has 1 aliphatic heterocycles.